The van der Waals surface area contributed by atoms with E-state index >= 15 is 0 Å². The smallest absolute Gasteiger partial charge is 0.199 e. The van der Waals surface area contributed by atoms with E-state index in [1.54, 1.807) is 49.1 Å². The van der Waals surface area contributed by atoms with E-state index in [9.17, 15) is 9.59 Å². The highest BCUT2D eigenvalue weighted by Crippen LogP contribution is 2.30. The van der Waals surface area contributed by atoms with Gasteiger partial charge in [-0.25, -0.2) is 19.5 Å². The molecule has 4 N–H and O–H groups in total. The second-order valence-electron chi connectivity index (χ2n) is 14.1. The number of anilines is 3. The van der Waals surface area contributed by atoms with Crippen molar-refractivity contribution in [2.75, 3.05) is 29.6 Å². The molecule has 3 aromatic heterocycles. The number of aryl methyl sites for hydroxylation is 2. The van der Waals surface area contributed by atoms with Gasteiger partial charge in [0.05, 0.1) is 64.6 Å². The van der Waals surface area contributed by atoms with Crippen LogP contribution in [0.15, 0.2) is 174 Å². The van der Waals surface area contributed by atoms with Crippen LogP contribution in [0.2, 0.25) is 0 Å². The second kappa shape index (κ2) is 21.1. The number of pyridine rings is 1. The molecule has 316 valence electrons. The lowest BCUT2D eigenvalue weighted by Crippen LogP contribution is -3.00. The van der Waals surface area contributed by atoms with Crippen LogP contribution in [0.4, 0.5) is 28.6 Å². The molecule has 0 spiro atoms. The number of hydrogen-bond acceptors (Lipinski definition) is 12. The Bertz CT molecular complexity index is 2840. The summed E-state index contributed by atoms with van der Waals surface area (Å²) in [5.74, 6) is 0.647. The number of carbonyl (C=O) groups is 2. The number of benzene rings is 4. The molecular weight excluding hydrogens is 860 g/mol. The number of hydrogen-bond donors (Lipinski definition) is 3. The van der Waals surface area contributed by atoms with Gasteiger partial charge in [0.15, 0.2) is 42.0 Å². The number of carbonyl (C=O) groups excluding carboxylic acids is 2. The van der Waals surface area contributed by atoms with E-state index in [4.69, 9.17) is 25.2 Å². The third-order valence-electron chi connectivity index (χ3n) is 9.87. The number of imidazole rings is 1. The number of nitrogens with two attached hydrogens (primary N) is 1. The van der Waals surface area contributed by atoms with Gasteiger partial charge >= 0.3 is 0 Å². The van der Waals surface area contributed by atoms with Gasteiger partial charge in [-0.2, -0.15) is 0 Å². The zero-order chi connectivity index (χ0) is 42.5. The van der Waals surface area contributed by atoms with E-state index in [-0.39, 0.29) is 39.7 Å². The monoisotopic (exact) mass is 902 g/mol. The van der Waals surface area contributed by atoms with Crippen molar-refractivity contribution in [1.29, 1.82) is 0 Å². The average Bonchev–Trinajstić information content (AvgIpc) is 3.74. The number of ketones is 2. The summed E-state index contributed by atoms with van der Waals surface area (Å²) in [6.07, 6.45) is 14.7. The number of nitrogens with zero attached hydrogens (tertiary/aromatic N) is 7. The first-order valence-electron chi connectivity index (χ1n) is 20.1. The van der Waals surface area contributed by atoms with E-state index in [0.29, 0.717) is 88.5 Å². The van der Waals surface area contributed by atoms with Gasteiger partial charge in [0.25, 0.3) is 0 Å². The molecule has 0 aliphatic carbocycles. The molecule has 0 unspecified atom stereocenters. The molecule has 0 saturated heterocycles. The number of ether oxygens (including phenoxy) is 2. The molecule has 0 radical (unpaired) electrons. The van der Waals surface area contributed by atoms with Crippen molar-refractivity contribution in [3.05, 3.63) is 175 Å². The number of allylic oxidation sites excluding steroid dienone is 2. The highest BCUT2D eigenvalue weighted by Gasteiger charge is 2.19. The summed E-state index contributed by atoms with van der Waals surface area (Å²) in [4.78, 5) is 50.9. The molecule has 0 fully saturated rings. The summed E-state index contributed by atoms with van der Waals surface area (Å²) in [5.41, 5.74) is 10.7. The first-order chi connectivity index (χ1) is 30.5. The Morgan fingerprint density at radius 1 is 0.635 bits per heavy atom. The fourth-order valence-electron chi connectivity index (χ4n) is 6.69. The Hall–Kier alpha value is -7.78. The maximum absolute atomic E-state index is 14.4. The lowest BCUT2D eigenvalue weighted by atomic mass is 10.0. The van der Waals surface area contributed by atoms with Gasteiger partial charge < -0.3 is 47.4 Å². The van der Waals surface area contributed by atoms with Crippen molar-refractivity contribution in [2.45, 2.75) is 25.9 Å². The SMILES string of the molecule is Nc1ncnc2c1ncn2CCCOc1ccccc1C(=O)/C1=C/Nc2ccccc2N=C/C(C(=O)c2ccccc2OCCC[n+]2ccccc2)=C\Nc2ccccc2N=C1.[Br-]. The number of nitrogens with one attached hydrogen (secondary N) is 2. The van der Waals surface area contributed by atoms with E-state index in [1.807, 2.05) is 102 Å². The summed E-state index contributed by atoms with van der Waals surface area (Å²) in [6, 6.07) is 35.0. The molecule has 0 atom stereocenters. The highest BCUT2D eigenvalue weighted by atomic mass is 79.9. The molecule has 8 rings (SSSR count). The molecule has 14 nitrogen and oxygen atoms in total. The maximum Gasteiger partial charge on any atom is 0.199 e. The standard InChI is InChI=1S/C48H42N10O4.BrH/c49-47-44-48(55-32-54-47)58(33-56-44)25-13-27-62-43-21-9-3-15-37(43)46(60)35-30-52-40-18-6-4-16-38(40)50-28-34(29-51-39-17-5-7-19-41(39)53-31-35)45(59)36-14-2-8-20-42(36)61-26-12-24-57-22-10-1-11-23-57;/h1-11,14-23,28-33H,12-13,24-27H2,(H3-,49,50,51,52,53,54,55,59,60);1H. The van der Waals surface area contributed by atoms with Gasteiger partial charge in [-0.1, -0.05) is 54.6 Å². The molecule has 4 aromatic carbocycles. The number of Topliss-reactive ketones (excluding diaryl/α,β-unsaturated/α-hetero) is 2. The quantitative estimate of drug-likeness (QED) is 0.0756. The van der Waals surface area contributed by atoms with Gasteiger partial charge in [-0.3, -0.25) is 19.6 Å². The van der Waals surface area contributed by atoms with Crippen LogP contribution >= 0.6 is 0 Å². The molecule has 7 aromatic rings. The Kier molecular flexibility index (Phi) is 14.5. The fraction of sp³-hybridized carbons (Fsp3) is 0.125. The van der Waals surface area contributed by atoms with Gasteiger partial charge in [0.1, 0.15) is 23.3 Å². The van der Waals surface area contributed by atoms with E-state index < -0.39 is 0 Å². The van der Waals surface area contributed by atoms with E-state index in [1.165, 1.54) is 18.8 Å². The number of halogens is 1. The van der Waals surface area contributed by atoms with Gasteiger partial charge in [0.2, 0.25) is 0 Å². The second-order valence-corrected chi connectivity index (χ2v) is 14.1. The fourth-order valence-corrected chi connectivity index (χ4v) is 6.69. The predicted octanol–water partition coefficient (Wildman–Crippen LogP) is 5.11. The number of aliphatic imine (C=N–C) groups is 2. The predicted molar refractivity (Wildman–Crippen MR) is 241 cm³/mol. The van der Waals surface area contributed by atoms with Crippen LogP contribution < -0.4 is 47.4 Å². The van der Waals surface area contributed by atoms with Crippen molar-refractivity contribution in [3.63, 3.8) is 0 Å². The number of fused-ring (bicyclic) bond motifs is 3. The topological polar surface area (TPSA) is 175 Å². The summed E-state index contributed by atoms with van der Waals surface area (Å²) >= 11 is 0. The van der Waals surface area contributed by atoms with Crippen molar-refractivity contribution >= 4 is 63.7 Å². The maximum atomic E-state index is 14.4. The number of para-hydroxylation sites is 6. The zero-order valence-corrected chi connectivity index (χ0v) is 35.6. The Balaban J connectivity index is 0.00000595. The molecular formula is C48H43BrN10O4. The van der Waals surface area contributed by atoms with Crippen molar-refractivity contribution in [2.24, 2.45) is 9.98 Å². The minimum atomic E-state index is -0.310. The first-order valence-corrected chi connectivity index (χ1v) is 20.1. The minimum Gasteiger partial charge on any atom is -1.00 e. The molecule has 15 heteroatoms. The lowest BCUT2D eigenvalue weighted by Gasteiger charge is -2.13. The largest absolute Gasteiger partial charge is 1.00 e. The van der Waals surface area contributed by atoms with Crippen LogP contribution in [-0.4, -0.2) is 56.7 Å². The highest BCUT2D eigenvalue weighted by molar-refractivity contribution is 6.23. The van der Waals surface area contributed by atoms with Crippen molar-refractivity contribution in [1.82, 2.24) is 19.5 Å². The molecule has 63 heavy (non-hydrogen) atoms. The molecule has 0 amide bonds. The van der Waals surface area contributed by atoms with E-state index in [2.05, 4.69) is 30.2 Å². The number of rotatable bonds is 14. The van der Waals surface area contributed by atoms with Gasteiger partial charge in [-0.15, -0.1) is 0 Å². The van der Waals surface area contributed by atoms with Gasteiger partial charge in [0, 0.05) is 49.9 Å². The Labute approximate surface area is 374 Å². The summed E-state index contributed by atoms with van der Waals surface area (Å²) in [5, 5.41) is 6.55. The van der Waals surface area contributed by atoms with Crippen LogP contribution in [0.25, 0.3) is 11.2 Å². The molecule has 0 bridgehead atoms. The molecule has 4 heterocycles. The molecule has 1 aliphatic rings. The Morgan fingerprint density at radius 3 is 1.78 bits per heavy atom. The summed E-state index contributed by atoms with van der Waals surface area (Å²) < 4.78 is 16.3. The average molecular weight is 904 g/mol. The van der Waals surface area contributed by atoms with Gasteiger partial charge in [-0.05, 0) is 55.0 Å². The normalized spacial score (nSPS) is 13.9. The van der Waals surface area contributed by atoms with Crippen LogP contribution in [0.5, 0.6) is 11.5 Å². The van der Waals surface area contributed by atoms with Crippen LogP contribution in [-0.2, 0) is 13.1 Å². The van der Waals surface area contributed by atoms with Crippen LogP contribution in [0, 0.1) is 0 Å². The van der Waals surface area contributed by atoms with E-state index in [0.717, 1.165) is 13.0 Å². The third-order valence-corrected chi connectivity index (χ3v) is 9.87. The Morgan fingerprint density at radius 2 is 1.17 bits per heavy atom. The first kappa shape index (κ1) is 43.3. The molecule has 1 aliphatic heterocycles. The number of aromatic nitrogens is 5. The number of nitrogen functional groups attached to an aromatic ring is 1. The van der Waals surface area contributed by atoms with Crippen LogP contribution in [0.1, 0.15) is 33.6 Å². The van der Waals surface area contributed by atoms with Crippen molar-refractivity contribution in [3.8, 4) is 11.5 Å². The lowest BCUT2D eigenvalue weighted by molar-refractivity contribution is -0.697. The summed E-state index contributed by atoms with van der Waals surface area (Å²) in [6.45, 7) is 2.10. The van der Waals surface area contributed by atoms with Crippen LogP contribution in [0.3, 0.4) is 0 Å². The minimum absolute atomic E-state index is 0. The van der Waals surface area contributed by atoms with Crippen molar-refractivity contribution < 1.29 is 40.6 Å². The zero-order valence-electron chi connectivity index (χ0n) is 34.0. The molecule has 0 saturated carbocycles. The third kappa shape index (κ3) is 10.8. The summed E-state index contributed by atoms with van der Waals surface area (Å²) in [7, 11) is 0.